The molecule has 144 valence electrons. The zero-order valence-electron chi connectivity index (χ0n) is 16.0. The Morgan fingerprint density at radius 1 is 1.37 bits per heavy atom. The SMILES string of the molecule is CCCc1nc(-c2ccc3c(c2)N(C(C)C(=O)OC(C)C)C(=O)CO3)cs1. The van der Waals surface area contributed by atoms with Crippen molar-refractivity contribution in [3.05, 3.63) is 28.6 Å². The quantitative estimate of drug-likeness (QED) is 0.704. The molecule has 0 spiro atoms. The number of carbonyl (C=O) groups is 2. The maximum atomic E-state index is 12.5. The number of hydrogen-bond donors (Lipinski definition) is 0. The fraction of sp³-hybridized carbons (Fsp3) is 0.450. The maximum absolute atomic E-state index is 12.5. The van der Waals surface area contributed by atoms with E-state index in [4.69, 9.17) is 9.47 Å². The van der Waals surface area contributed by atoms with Crippen LogP contribution < -0.4 is 9.64 Å². The molecule has 2 aromatic rings. The van der Waals surface area contributed by atoms with Gasteiger partial charge < -0.3 is 9.47 Å². The molecule has 1 aliphatic heterocycles. The topological polar surface area (TPSA) is 68.7 Å². The van der Waals surface area contributed by atoms with Crippen molar-refractivity contribution in [1.29, 1.82) is 0 Å². The van der Waals surface area contributed by atoms with Gasteiger partial charge in [0.25, 0.3) is 5.91 Å². The highest BCUT2D eigenvalue weighted by Crippen LogP contribution is 2.37. The van der Waals surface area contributed by atoms with E-state index < -0.39 is 12.0 Å². The Balaban J connectivity index is 1.95. The van der Waals surface area contributed by atoms with E-state index in [1.54, 1.807) is 32.1 Å². The number of amides is 1. The van der Waals surface area contributed by atoms with Crippen molar-refractivity contribution in [2.75, 3.05) is 11.5 Å². The molecule has 0 N–H and O–H groups in total. The van der Waals surface area contributed by atoms with E-state index in [-0.39, 0.29) is 18.6 Å². The number of anilines is 1. The molecule has 6 nitrogen and oxygen atoms in total. The summed E-state index contributed by atoms with van der Waals surface area (Å²) in [7, 11) is 0. The molecule has 1 aromatic heterocycles. The van der Waals surface area contributed by atoms with Crippen molar-refractivity contribution in [2.24, 2.45) is 0 Å². The lowest BCUT2D eigenvalue weighted by Gasteiger charge is -2.33. The van der Waals surface area contributed by atoms with E-state index >= 15 is 0 Å². The molecule has 2 heterocycles. The minimum atomic E-state index is -0.733. The van der Waals surface area contributed by atoms with Crippen LogP contribution in [0.5, 0.6) is 5.75 Å². The van der Waals surface area contributed by atoms with Gasteiger partial charge in [-0.1, -0.05) is 6.92 Å². The van der Waals surface area contributed by atoms with Gasteiger partial charge in [-0.15, -0.1) is 11.3 Å². The molecule has 0 radical (unpaired) electrons. The van der Waals surface area contributed by atoms with Crippen LogP contribution in [0.3, 0.4) is 0 Å². The first-order valence-electron chi connectivity index (χ1n) is 9.14. The average Bonchev–Trinajstić information content (AvgIpc) is 3.09. The summed E-state index contributed by atoms with van der Waals surface area (Å²) in [5.74, 6) is -0.125. The van der Waals surface area contributed by atoms with Gasteiger partial charge in [0.15, 0.2) is 6.61 Å². The van der Waals surface area contributed by atoms with Gasteiger partial charge in [0.2, 0.25) is 0 Å². The second-order valence-electron chi connectivity index (χ2n) is 6.77. The highest BCUT2D eigenvalue weighted by atomic mass is 32.1. The first kappa shape index (κ1) is 19.4. The number of esters is 1. The molecule has 27 heavy (non-hydrogen) atoms. The second kappa shape index (κ2) is 8.08. The number of thiazole rings is 1. The first-order chi connectivity index (χ1) is 12.9. The number of benzene rings is 1. The zero-order chi connectivity index (χ0) is 19.6. The number of aromatic nitrogens is 1. The van der Waals surface area contributed by atoms with Crippen LogP contribution in [0.4, 0.5) is 5.69 Å². The summed E-state index contributed by atoms with van der Waals surface area (Å²) >= 11 is 1.63. The summed E-state index contributed by atoms with van der Waals surface area (Å²) in [6.07, 6.45) is 1.75. The minimum Gasteiger partial charge on any atom is -0.482 e. The number of fused-ring (bicyclic) bond motifs is 1. The number of rotatable bonds is 6. The second-order valence-corrected chi connectivity index (χ2v) is 7.72. The van der Waals surface area contributed by atoms with Gasteiger partial charge in [-0.3, -0.25) is 9.69 Å². The van der Waals surface area contributed by atoms with Crippen molar-refractivity contribution in [3.63, 3.8) is 0 Å². The highest BCUT2D eigenvalue weighted by molar-refractivity contribution is 7.09. The Morgan fingerprint density at radius 3 is 2.85 bits per heavy atom. The summed E-state index contributed by atoms with van der Waals surface area (Å²) in [5.41, 5.74) is 2.32. The molecule has 0 aliphatic carbocycles. The van der Waals surface area contributed by atoms with Crippen LogP contribution in [0, 0.1) is 0 Å². The van der Waals surface area contributed by atoms with Crippen molar-refractivity contribution < 1.29 is 19.1 Å². The average molecular weight is 388 g/mol. The normalized spacial score (nSPS) is 14.7. The van der Waals surface area contributed by atoms with Gasteiger partial charge in [-0.2, -0.15) is 0 Å². The fourth-order valence-corrected chi connectivity index (χ4v) is 3.87. The summed E-state index contributed by atoms with van der Waals surface area (Å²) in [6, 6.07) is 4.87. The third-order valence-corrected chi connectivity index (χ3v) is 5.14. The molecule has 7 heteroatoms. The molecule has 3 rings (SSSR count). The van der Waals surface area contributed by atoms with Crippen LogP contribution in [0.1, 0.15) is 39.1 Å². The number of aryl methyl sites for hydroxylation is 1. The van der Waals surface area contributed by atoms with Crippen molar-refractivity contribution in [3.8, 4) is 17.0 Å². The molecule has 0 saturated carbocycles. The van der Waals surface area contributed by atoms with E-state index in [2.05, 4.69) is 11.9 Å². The third-order valence-electron chi connectivity index (χ3n) is 4.23. The van der Waals surface area contributed by atoms with Crippen LogP contribution in [0.15, 0.2) is 23.6 Å². The van der Waals surface area contributed by atoms with Crippen LogP contribution >= 0.6 is 11.3 Å². The fourth-order valence-electron chi connectivity index (χ4n) is 2.96. The molecular formula is C20H24N2O4S. The van der Waals surface area contributed by atoms with Crippen molar-refractivity contribution >= 4 is 28.9 Å². The lowest BCUT2D eigenvalue weighted by Crippen LogP contribution is -2.49. The number of hydrogen-bond acceptors (Lipinski definition) is 6. The maximum Gasteiger partial charge on any atom is 0.329 e. The number of carbonyl (C=O) groups excluding carboxylic acids is 2. The van der Waals surface area contributed by atoms with Gasteiger partial charge in [-0.05, 0) is 51.8 Å². The van der Waals surface area contributed by atoms with E-state index in [0.717, 1.165) is 29.1 Å². The number of ether oxygens (including phenoxy) is 2. The van der Waals surface area contributed by atoms with Crippen LogP contribution in [-0.2, 0) is 20.7 Å². The molecule has 1 unspecified atom stereocenters. The molecule has 1 atom stereocenters. The molecule has 0 fully saturated rings. The molecular weight excluding hydrogens is 364 g/mol. The van der Waals surface area contributed by atoms with E-state index in [9.17, 15) is 9.59 Å². The molecule has 0 bridgehead atoms. The molecule has 0 saturated heterocycles. The molecule has 1 amide bonds. The zero-order valence-corrected chi connectivity index (χ0v) is 16.8. The standard InChI is InChI=1S/C20H24N2O4S/c1-5-6-18-21-15(11-27-18)14-7-8-17-16(9-14)22(19(23)10-25-17)13(4)20(24)26-12(2)3/h7-9,11-13H,5-6,10H2,1-4H3. The molecule has 1 aliphatic rings. The lowest BCUT2D eigenvalue weighted by atomic mass is 10.1. The number of nitrogens with zero attached hydrogens (tertiary/aromatic N) is 2. The van der Waals surface area contributed by atoms with Crippen LogP contribution in [-0.4, -0.2) is 35.6 Å². The minimum absolute atomic E-state index is 0.0943. The Hall–Kier alpha value is -2.41. The van der Waals surface area contributed by atoms with Gasteiger partial charge >= 0.3 is 5.97 Å². The van der Waals surface area contributed by atoms with E-state index in [1.165, 1.54) is 4.90 Å². The predicted molar refractivity (Wildman–Crippen MR) is 105 cm³/mol. The Bertz CT molecular complexity index is 846. The van der Waals surface area contributed by atoms with E-state index in [0.29, 0.717) is 11.4 Å². The Kier molecular flexibility index (Phi) is 5.79. The summed E-state index contributed by atoms with van der Waals surface area (Å²) in [6.45, 7) is 7.27. The Morgan fingerprint density at radius 2 is 2.15 bits per heavy atom. The van der Waals surface area contributed by atoms with Crippen molar-refractivity contribution in [1.82, 2.24) is 4.98 Å². The summed E-state index contributed by atoms with van der Waals surface area (Å²) in [5, 5.41) is 3.10. The monoisotopic (exact) mass is 388 g/mol. The largest absolute Gasteiger partial charge is 0.482 e. The van der Waals surface area contributed by atoms with E-state index in [1.807, 2.05) is 23.6 Å². The highest BCUT2D eigenvalue weighted by Gasteiger charge is 2.34. The predicted octanol–water partition coefficient (Wildman–Crippen LogP) is 3.83. The van der Waals surface area contributed by atoms with Crippen LogP contribution in [0.25, 0.3) is 11.3 Å². The van der Waals surface area contributed by atoms with Crippen molar-refractivity contribution in [2.45, 2.75) is 52.7 Å². The lowest BCUT2D eigenvalue weighted by molar-refractivity contribution is -0.149. The third kappa shape index (κ3) is 4.13. The summed E-state index contributed by atoms with van der Waals surface area (Å²) < 4.78 is 10.8. The summed E-state index contributed by atoms with van der Waals surface area (Å²) in [4.78, 5) is 31.0. The molecule has 1 aromatic carbocycles. The van der Waals surface area contributed by atoms with Gasteiger partial charge in [0.1, 0.15) is 11.8 Å². The van der Waals surface area contributed by atoms with Gasteiger partial charge in [0.05, 0.1) is 22.5 Å². The van der Waals surface area contributed by atoms with Gasteiger partial charge in [0, 0.05) is 10.9 Å². The smallest absolute Gasteiger partial charge is 0.329 e. The first-order valence-corrected chi connectivity index (χ1v) is 10.0. The Labute approximate surface area is 163 Å². The van der Waals surface area contributed by atoms with Crippen LogP contribution in [0.2, 0.25) is 0 Å². The van der Waals surface area contributed by atoms with Gasteiger partial charge in [-0.25, -0.2) is 9.78 Å².